The lowest BCUT2D eigenvalue weighted by Crippen LogP contribution is -2.06. The van der Waals surface area contributed by atoms with Crippen LogP contribution in [0.3, 0.4) is 0 Å². The average molecular weight is 276 g/mol. The van der Waals surface area contributed by atoms with Crippen LogP contribution in [0, 0.1) is 12.7 Å². The highest BCUT2D eigenvalue weighted by Crippen LogP contribution is 2.23. The molecule has 100 valence electrons. The SMILES string of the molecule is Cc1ccccc1C[S@](=O)[C@@H](C)c1ccc(F)cc1. The maximum Gasteiger partial charge on any atom is 0.123 e. The molecule has 0 radical (unpaired) electrons. The van der Waals surface area contributed by atoms with Crippen LogP contribution in [0.2, 0.25) is 0 Å². The number of aryl methyl sites for hydroxylation is 1. The van der Waals surface area contributed by atoms with E-state index in [4.69, 9.17) is 0 Å². The smallest absolute Gasteiger partial charge is 0.123 e. The summed E-state index contributed by atoms with van der Waals surface area (Å²) in [6, 6.07) is 14.2. The molecule has 0 bridgehead atoms. The van der Waals surface area contributed by atoms with Crippen molar-refractivity contribution in [1.82, 2.24) is 0 Å². The summed E-state index contributed by atoms with van der Waals surface area (Å²) in [6.45, 7) is 3.94. The van der Waals surface area contributed by atoms with Gasteiger partial charge in [-0.15, -0.1) is 0 Å². The first-order valence-corrected chi connectivity index (χ1v) is 7.63. The summed E-state index contributed by atoms with van der Waals surface area (Å²) in [5, 5.41) is -0.0970. The minimum atomic E-state index is -1.01. The second-order valence-corrected chi connectivity index (χ2v) is 6.40. The average Bonchev–Trinajstić information content (AvgIpc) is 2.41. The Balaban J connectivity index is 2.12. The minimum Gasteiger partial charge on any atom is -0.259 e. The van der Waals surface area contributed by atoms with E-state index < -0.39 is 10.8 Å². The van der Waals surface area contributed by atoms with Gasteiger partial charge >= 0.3 is 0 Å². The van der Waals surface area contributed by atoms with Crippen LogP contribution < -0.4 is 0 Å². The Morgan fingerprint density at radius 1 is 1.11 bits per heavy atom. The highest BCUT2D eigenvalue weighted by Gasteiger charge is 2.14. The second-order valence-electron chi connectivity index (χ2n) is 4.65. The van der Waals surface area contributed by atoms with Gasteiger partial charge < -0.3 is 0 Å². The van der Waals surface area contributed by atoms with Gasteiger partial charge in [0.05, 0.1) is 5.25 Å². The van der Waals surface area contributed by atoms with Gasteiger partial charge in [-0.3, -0.25) is 4.21 Å². The van der Waals surface area contributed by atoms with Crippen LogP contribution in [0.1, 0.15) is 28.9 Å². The summed E-state index contributed by atoms with van der Waals surface area (Å²) in [4.78, 5) is 0. The Hall–Kier alpha value is -1.48. The zero-order valence-electron chi connectivity index (χ0n) is 11.1. The Kier molecular flexibility index (Phi) is 4.48. The normalized spacial score (nSPS) is 14.1. The summed E-state index contributed by atoms with van der Waals surface area (Å²) >= 11 is 0. The van der Waals surface area contributed by atoms with Gasteiger partial charge in [-0.1, -0.05) is 36.4 Å². The molecule has 0 aliphatic heterocycles. The number of hydrogen-bond acceptors (Lipinski definition) is 1. The van der Waals surface area contributed by atoms with E-state index >= 15 is 0 Å². The lowest BCUT2D eigenvalue weighted by atomic mass is 10.1. The predicted octanol–water partition coefficient (Wildman–Crippen LogP) is 4.14. The fourth-order valence-corrected chi connectivity index (χ4v) is 3.28. The fraction of sp³-hybridized carbons (Fsp3) is 0.250. The van der Waals surface area contributed by atoms with Crippen molar-refractivity contribution in [2.24, 2.45) is 0 Å². The molecule has 2 aromatic carbocycles. The first-order chi connectivity index (χ1) is 9.08. The zero-order valence-corrected chi connectivity index (χ0v) is 11.9. The molecule has 2 aromatic rings. The molecule has 2 rings (SSSR count). The Morgan fingerprint density at radius 2 is 1.74 bits per heavy atom. The van der Waals surface area contributed by atoms with Crippen molar-refractivity contribution in [3.8, 4) is 0 Å². The van der Waals surface area contributed by atoms with E-state index in [0.29, 0.717) is 5.75 Å². The molecule has 0 saturated heterocycles. The van der Waals surface area contributed by atoms with Crippen molar-refractivity contribution in [2.75, 3.05) is 0 Å². The minimum absolute atomic E-state index is 0.0970. The second kappa shape index (κ2) is 6.11. The van der Waals surface area contributed by atoms with Crippen LogP contribution in [0.5, 0.6) is 0 Å². The van der Waals surface area contributed by atoms with E-state index in [1.54, 1.807) is 12.1 Å². The third-order valence-electron chi connectivity index (χ3n) is 3.29. The standard InChI is InChI=1S/C16H17FOS/c1-12-5-3-4-6-15(12)11-19(18)13(2)14-7-9-16(17)10-8-14/h3-10,13H,11H2,1-2H3/t13-,19-/m0/s1. The van der Waals surface area contributed by atoms with Gasteiger partial charge in [0.15, 0.2) is 0 Å². The third kappa shape index (κ3) is 3.51. The van der Waals surface area contributed by atoms with Crippen LogP contribution in [0.25, 0.3) is 0 Å². The molecule has 1 nitrogen and oxygen atoms in total. The fourth-order valence-electron chi connectivity index (χ4n) is 1.94. The number of halogens is 1. The van der Waals surface area contributed by atoms with Crippen molar-refractivity contribution in [2.45, 2.75) is 24.9 Å². The monoisotopic (exact) mass is 276 g/mol. The molecule has 0 spiro atoms. The van der Waals surface area contributed by atoms with Crippen molar-refractivity contribution < 1.29 is 8.60 Å². The van der Waals surface area contributed by atoms with Crippen LogP contribution in [0.15, 0.2) is 48.5 Å². The summed E-state index contributed by atoms with van der Waals surface area (Å²) in [5.41, 5.74) is 3.17. The molecular weight excluding hydrogens is 259 g/mol. The van der Waals surface area contributed by atoms with Crippen molar-refractivity contribution in [3.05, 3.63) is 71.0 Å². The van der Waals surface area contributed by atoms with E-state index in [9.17, 15) is 8.60 Å². The van der Waals surface area contributed by atoms with E-state index in [2.05, 4.69) is 0 Å². The molecular formula is C16H17FOS. The topological polar surface area (TPSA) is 17.1 Å². The Morgan fingerprint density at radius 3 is 2.37 bits per heavy atom. The van der Waals surface area contributed by atoms with E-state index in [1.165, 1.54) is 12.1 Å². The molecule has 0 amide bonds. The maximum atomic E-state index is 12.9. The lowest BCUT2D eigenvalue weighted by Gasteiger charge is -2.13. The van der Waals surface area contributed by atoms with Gasteiger partial charge in [0.1, 0.15) is 5.82 Å². The molecule has 3 heteroatoms. The maximum absolute atomic E-state index is 12.9. The molecule has 0 N–H and O–H groups in total. The number of benzene rings is 2. The summed E-state index contributed by atoms with van der Waals surface area (Å²) in [7, 11) is -1.01. The van der Waals surface area contributed by atoms with Gasteiger partial charge in [-0.05, 0) is 42.7 Å². The zero-order chi connectivity index (χ0) is 13.8. The molecule has 19 heavy (non-hydrogen) atoms. The van der Waals surface area contributed by atoms with Gasteiger partial charge in [0, 0.05) is 16.6 Å². The van der Waals surface area contributed by atoms with Crippen LogP contribution in [-0.4, -0.2) is 4.21 Å². The number of hydrogen-bond donors (Lipinski definition) is 0. The summed E-state index contributed by atoms with van der Waals surface area (Å²) < 4.78 is 25.2. The first-order valence-electron chi connectivity index (χ1n) is 6.25. The van der Waals surface area contributed by atoms with E-state index in [1.807, 2.05) is 38.1 Å². The highest BCUT2D eigenvalue weighted by atomic mass is 32.2. The Bertz CT molecular complexity index is 578. The predicted molar refractivity (Wildman–Crippen MR) is 77.8 cm³/mol. The largest absolute Gasteiger partial charge is 0.259 e. The highest BCUT2D eigenvalue weighted by molar-refractivity contribution is 7.84. The Labute approximate surface area is 115 Å². The van der Waals surface area contributed by atoms with E-state index in [0.717, 1.165) is 16.7 Å². The summed E-state index contributed by atoms with van der Waals surface area (Å²) in [6.07, 6.45) is 0. The molecule has 2 atom stereocenters. The van der Waals surface area contributed by atoms with Crippen LogP contribution >= 0.6 is 0 Å². The van der Waals surface area contributed by atoms with Crippen molar-refractivity contribution in [1.29, 1.82) is 0 Å². The molecule has 0 heterocycles. The summed E-state index contributed by atoms with van der Waals surface area (Å²) in [5.74, 6) is 0.270. The molecule has 0 aromatic heterocycles. The van der Waals surface area contributed by atoms with Crippen LogP contribution in [-0.2, 0) is 16.6 Å². The van der Waals surface area contributed by atoms with Gasteiger partial charge in [-0.25, -0.2) is 4.39 Å². The van der Waals surface area contributed by atoms with Gasteiger partial charge in [0.25, 0.3) is 0 Å². The molecule has 0 aliphatic carbocycles. The molecule has 0 unspecified atom stereocenters. The van der Waals surface area contributed by atoms with Crippen molar-refractivity contribution >= 4 is 10.8 Å². The first kappa shape index (κ1) is 13.9. The molecule has 0 aliphatic rings. The van der Waals surface area contributed by atoms with Crippen LogP contribution in [0.4, 0.5) is 4.39 Å². The third-order valence-corrected chi connectivity index (χ3v) is 4.95. The van der Waals surface area contributed by atoms with E-state index in [-0.39, 0.29) is 11.1 Å². The lowest BCUT2D eigenvalue weighted by molar-refractivity contribution is 0.626. The molecule has 0 saturated carbocycles. The quantitative estimate of drug-likeness (QED) is 0.820. The molecule has 0 fully saturated rings. The van der Waals surface area contributed by atoms with Gasteiger partial charge in [-0.2, -0.15) is 0 Å². The number of rotatable bonds is 4. The van der Waals surface area contributed by atoms with Crippen molar-refractivity contribution in [3.63, 3.8) is 0 Å². The van der Waals surface area contributed by atoms with Gasteiger partial charge in [0.2, 0.25) is 0 Å².